The van der Waals surface area contributed by atoms with Crippen molar-refractivity contribution in [3.63, 3.8) is 0 Å². The van der Waals surface area contributed by atoms with Gasteiger partial charge >= 0.3 is 17.3 Å². The number of H-pyrrole nitrogens is 1. The molecular formula is C16H11Cl2F3N4O2. The van der Waals surface area contributed by atoms with Crippen LogP contribution in [-0.2, 0) is 12.7 Å². The van der Waals surface area contributed by atoms with Crippen LogP contribution in [-0.4, -0.2) is 21.1 Å². The van der Waals surface area contributed by atoms with Gasteiger partial charge in [0.2, 0.25) is 0 Å². The maximum atomic E-state index is 12.6. The van der Waals surface area contributed by atoms with Gasteiger partial charge in [0.25, 0.3) is 0 Å². The zero-order valence-electron chi connectivity index (χ0n) is 13.4. The molecule has 0 fully saturated rings. The van der Waals surface area contributed by atoms with E-state index in [0.717, 1.165) is 6.07 Å². The van der Waals surface area contributed by atoms with E-state index in [2.05, 4.69) is 15.3 Å². The number of alkyl halides is 3. The van der Waals surface area contributed by atoms with Crippen LogP contribution < -0.4 is 16.4 Å². The molecule has 0 aliphatic carbocycles. The lowest BCUT2D eigenvalue weighted by Gasteiger charge is -2.13. The van der Waals surface area contributed by atoms with Crippen LogP contribution in [0.4, 0.5) is 19.0 Å². The van der Waals surface area contributed by atoms with Crippen molar-refractivity contribution in [1.82, 2.24) is 14.5 Å². The summed E-state index contributed by atoms with van der Waals surface area (Å²) in [4.78, 5) is 30.0. The number of hydrogen-bond acceptors (Lipinski definition) is 4. The molecule has 0 saturated heterocycles. The molecule has 0 spiro atoms. The van der Waals surface area contributed by atoms with Crippen molar-refractivity contribution in [3.8, 4) is 0 Å². The number of hydrogen-bond donors (Lipinski definition) is 2. The molecule has 2 aromatic heterocycles. The largest absolute Gasteiger partial charge is 0.417 e. The van der Waals surface area contributed by atoms with Crippen molar-refractivity contribution in [2.24, 2.45) is 0 Å². The highest BCUT2D eigenvalue weighted by atomic mass is 35.5. The topological polar surface area (TPSA) is 79.8 Å². The Labute approximate surface area is 159 Å². The van der Waals surface area contributed by atoms with Crippen molar-refractivity contribution in [2.75, 3.05) is 11.9 Å². The van der Waals surface area contributed by atoms with Crippen molar-refractivity contribution in [1.29, 1.82) is 0 Å². The standard InChI is InChI=1S/C16H11Cl2F3N4O2/c17-9-1-2-12-11(6-9)24-14(26)15(27)25(12)4-3-22-13-10(18)5-8(7-23-13)16(19,20)21/h1-2,5-7H,3-4H2,(H,22,23)(H,24,26). The molecular weight excluding hydrogens is 408 g/mol. The molecule has 0 radical (unpaired) electrons. The van der Waals surface area contributed by atoms with E-state index >= 15 is 0 Å². The molecule has 1 aromatic carbocycles. The molecule has 0 amide bonds. The first-order valence-electron chi connectivity index (χ1n) is 7.56. The SMILES string of the molecule is O=c1[nH]c2cc(Cl)ccc2n(CCNc2ncc(C(F)(F)F)cc2Cl)c1=O. The Kier molecular flexibility index (Phi) is 5.16. The first kappa shape index (κ1) is 19.2. The quantitative estimate of drug-likeness (QED) is 0.635. The summed E-state index contributed by atoms with van der Waals surface area (Å²) in [6.45, 7) is 0.152. The molecule has 3 aromatic rings. The van der Waals surface area contributed by atoms with Gasteiger partial charge in [0, 0.05) is 24.3 Å². The Bertz CT molecular complexity index is 1130. The monoisotopic (exact) mass is 418 g/mol. The van der Waals surface area contributed by atoms with Gasteiger partial charge in [-0.1, -0.05) is 23.2 Å². The maximum absolute atomic E-state index is 12.6. The van der Waals surface area contributed by atoms with Crippen LogP contribution in [0.3, 0.4) is 0 Å². The van der Waals surface area contributed by atoms with Gasteiger partial charge < -0.3 is 14.9 Å². The fraction of sp³-hybridized carbons (Fsp3) is 0.188. The summed E-state index contributed by atoms with van der Waals surface area (Å²) in [7, 11) is 0. The van der Waals surface area contributed by atoms with E-state index in [9.17, 15) is 22.8 Å². The number of pyridine rings is 1. The summed E-state index contributed by atoms with van der Waals surface area (Å²) in [6.07, 6.45) is -3.89. The highest BCUT2D eigenvalue weighted by Crippen LogP contribution is 2.32. The lowest BCUT2D eigenvalue weighted by molar-refractivity contribution is -0.137. The number of rotatable bonds is 4. The second-order valence-electron chi connectivity index (χ2n) is 5.55. The highest BCUT2D eigenvalue weighted by Gasteiger charge is 2.31. The lowest BCUT2D eigenvalue weighted by atomic mass is 10.2. The predicted octanol–water partition coefficient (Wildman–Crippen LogP) is 3.52. The lowest BCUT2D eigenvalue weighted by Crippen LogP contribution is -2.37. The molecule has 2 heterocycles. The van der Waals surface area contributed by atoms with Gasteiger partial charge in [0.15, 0.2) is 0 Å². The number of anilines is 1. The van der Waals surface area contributed by atoms with Crippen LogP contribution in [0.5, 0.6) is 0 Å². The first-order chi connectivity index (χ1) is 12.7. The van der Waals surface area contributed by atoms with E-state index < -0.39 is 22.9 Å². The zero-order chi connectivity index (χ0) is 19.8. The molecule has 0 aliphatic heterocycles. The Morgan fingerprint density at radius 1 is 1.19 bits per heavy atom. The molecule has 0 unspecified atom stereocenters. The third-order valence-corrected chi connectivity index (χ3v) is 4.26. The summed E-state index contributed by atoms with van der Waals surface area (Å²) in [5, 5.41) is 2.94. The molecule has 0 atom stereocenters. The molecule has 142 valence electrons. The van der Waals surface area contributed by atoms with E-state index in [4.69, 9.17) is 23.2 Å². The molecule has 27 heavy (non-hydrogen) atoms. The Morgan fingerprint density at radius 2 is 1.93 bits per heavy atom. The second kappa shape index (κ2) is 7.24. The summed E-state index contributed by atoms with van der Waals surface area (Å²) < 4.78 is 39.1. The Balaban J connectivity index is 1.83. The average molecular weight is 419 g/mol. The van der Waals surface area contributed by atoms with Crippen LogP contribution in [0.15, 0.2) is 40.1 Å². The van der Waals surface area contributed by atoms with Crippen LogP contribution in [0.1, 0.15) is 5.56 Å². The van der Waals surface area contributed by atoms with Gasteiger partial charge in [0.1, 0.15) is 5.82 Å². The van der Waals surface area contributed by atoms with Gasteiger partial charge in [-0.3, -0.25) is 9.59 Å². The number of aromatic nitrogens is 3. The number of nitrogens with zero attached hydrogens (tertiary/aromatic N) is 2. The summed E-state index contributed by atoms with van der Waals surface area (Å²) in [5.41, 5.74) is -1.70. The van der Waals surface area contributed by atoms with E-state index in [1.165, 1.54) is 10.6 Å². The zero-order valence-corrected chi connectivity index (χ0v) is 14.9. The molecule has 2 N–H and O–H groups in total. The Hall–Kier alpha value is -2.52. The van der Waals surface area contributed by atoms with Crippen molar-refractivity contribution < 1.29 is 13.2 Å². The smallest absolute Gasteiger partial charge is 0.367 e. The van der Waals surface area contributed by atoms with E-state index in [1.807, 2.05) is 0 Å². The van der Waals surface area contributed by atoms with E-state index in [0.29, 0.717) is 22.3 Å². The number of halogens is 5. The second-order valence-corrected chi connectivity index (χ2v) is 6.39. The molecule has 0 saturated carbocycles. The van der Waals surface area contributed by atoms with Crippen molar-refractivity contribution in [2.45, 2.75) is 12.7 Å². The third-order valence-electron chi connectivity index (χ3n) is 3.73. The van der Waals surface area contributed by atoms with Gasteiger partial charge in [-0.15, -0.1) is 0 Å². The normalized spacial score (nSPS) is 11.7. The minimum Gasteiger partial charge on any atom is -0.367 e. The highest BCUT2D eigenvalue weighted by molar-refractivity contribution is 6.33. The number of benzene rings is 1. The van der Waals surface area contributed by atoms with Crippen molar-refractivity contribution >= 4 is 40.1 Å². The minimum absolute atomic E-state index is 0.0370. The van der Waals surface area contributed by atoms with Gasteiger partial charge in [-0.05, 0) is 24.3 Å². The molecule has 0 aliphatic rings. The van der Waals surface area contributed by atoms with Crippen LogP contribution in [0, 0.1) is 0 Å². The molecule has 6 nitrogen and oxygen atoms in total. The predicted molar refractivity (Wildman–Crippen MR) is 96.6 cm³/mol. The van der Waals surface area contributed by atoms with Gasteiger partial charge in [-0.25, -0.2) is 4.98 Å². The first-order valence-corrected chi connectivity index (χ1v) is 8.31. The molecule has 11 heteroatoms. The summed E-state index contributed by atoms with van der Waals surface area (Å²) >= 11 is 11.7. The molecule has 3 rings (SSSR count). The molecule has 0 bridgehead atoms. The number of fused-ring (bicyclic) bond motifs is 1. The van der Waals surface area contributed by atoms with Crippen LogP contribution >= 0.6 is 23.2 Å². The minimum atomic E-state index is -4.55. The van der Waals surface area contributed by atoms with Crippen LogP contribution in [0.25, 0.3) is 11.0 Å². The van der Waals surface area contributed by atoms with E-state index in [1.54, 1.807) is 12.1 Å². The maximum Gasteiger partial charge on any atom is 0.417 e. The fourth-order valence-electron chi connectivity index (χ4n) is 2.48. The van der Waals surface area contributed by atoms with Gasteiger partial charge in [-0.2, -0.15) is 13.2 Å². The fourth-order valence-corrected chi connectivity index (χ4v) is 2.89. The number of nitrogens with one attached hydrogen (secondary N) is 2. The van der Waals surface area contributed by atoms with E-state index in [-0.39, 0.29) is 23.9 Å². The van der Waals surface area contributed by atoms with Crippen LogP contribution in [0.2, 0.25) is 10.0 Å². The Morgan fingerprint density at radius 3 is 2.59 bits per heavy atom. The van der Waals surface area contributed by atoms with Gasteiger partial charge in [0.05, 0.1) is 21.6 Å². The number of aromatic amines is 1. The third kappa shape index (κ3) is 4.09. The van der Waals surface area contributed by atoms with Crippen molar-refractivity contribution in [3.05, 3.63) is 66.8 Å². The summed E-state index contributed by atoms with van der Waals surface area (Å²) in [6, 6.07) is 5.42. The average Bonchev–Trinajstić information content (AvgIpc) is 2.58. The summed E-state index contributed by atoms with van der Waals surface area (Å²) in [5.74, 6) is 0.0370.